The highest BCUT2D eigenvalue weighted by atomic mass is 15.1. The van der Waals surface area contributed by atoms with Crippen LogP contribution >= 0.6 is 0 Å². The Morgan fingerprint density at radius 1 is 0.938 bits per heavy atom. The molecule has 3 rings (SSSR count). The van der Waals surface area contributed by atoms with E-state index in [2.05, 4.69) is 19.2 Å². The maximum atomic E-state index is 3.72. The topological polar surface area (TPSA) is 12.0 Å². The molecule has 2 fully saturated rings. The van der Waals surface area contributed by atoms with E-state index >= 15 is 0 Å². The predicted octanol–water partition coefficient (Wildman–Crippen LogP) is 3.61. The number of fused-ring (bicyclic) bond motifs is 2. The van der Waals surface area contributed by atoms with Gasteiger partial charge in [-0.25, -0.2) is 0 Å². The van der Waals surface area contributed by atoms with E-state index in [0.717, 1.165) is 12.0 Å². The van der Waals surface area contributed by atoms with Gasteiger partial charge < -0.3 is 5.32 Å². The molecule has 0 aromatic heterocycles. The number of hydrogen-bond donors (Lipinski definition) is 1. The maximum Gasteiger partial charge on any atom is 0.0182 e. The molecule has 1 aromatic rings. The van der Waals surface area contributed by atoms with Gasteiger partial charge in [0.1, 0.15) is 0 Å². The fraction of sp³-hybridized carbons (Fsp3) is 0.600. The third-order valence-electron chi connectivity index (χ3n) is 4.25. The monoisotopic (exact) mass is 217 g/mol. The van der Waals surface area contributed by atoms with E-state index in [9.17, 15) is 0 Å². The molecule has 0 amide bonds. The van der Waals surface area contributed by atoms with Crippen molar-refractivity contribution >= 4 is 0 Å². The molecule has 1 aromatic carbocycles. The van der Waals surface area contributed by atoms with Gasteiger partial charge in [0, 0.05) is 11.6 Å². The summed E-state index contributed by atoms with van der Waals surface area (Å²) in [5.74, 6) is 0.895. The van der Waals surface area contributed by atoms with Gasteiger partial charge in [0.05, 0.1) is 0 Å². The molecular formula is C15H23N. The van der Waals surface area contributed by atoms with Crippen molar-refractivity contribution in [1.29, 1.82) is 0 Å². The van der Waals surface area contributed by atoms with E-state index < -0.39 is 0 Å². The van der Waals surface area contributed by atoms with E-state index in [1.165, 1.54) is 25.7 Å². The molecule has 88 valence electrons. The molecule has 2 aliphatic heterocycles. The van der Waals surface area contributed by atoms with Crippen molar-refractivity contribution in [2.45, 2.75) is 51.1 Å². The molecule has 0 saturated carbocycles. The summed E-state index contributed by atoms with van der Waals surface area (Å²) in [5, 5.41) is 3.72. The molecule has 1 heteroatoms. The van der Waals surface area contributed by atoms with Crippen LogP contribution in [0.15, 0.2) is 36.4 Å². The summed E-state index contributed by atoms with van der Waals surface area (Å²) in [6, 6.07) is 12.9. The van der Waals surface area contributed by atoms with Crippen molar-refractivity contribution in [3.63, 3.8) is 0 Å². The number of hydrogen-bond acceptors (Lipinski definition) is 1. The average molecular weight is 217 g/mol. The second-order valence-corrected chi connectivity index (χ2v) is 5.43. The molecule has 2 aliphatic rings. The van der Waals surface area contributed by atoms with Crippen LogP contribution < -0.4 is 5.32 Å². The highest BCUT2D eigenvalue weighted by molar-refractivity contribution is 5.01. The first-order valence-corrected chi connectivity index (χ1v) is 6.48. The lowest BCUT2D eigenvalue weighted by Crippen LogP contribution is -2.49. The molecule has 1 nitrogen and oxygen atoms in total. The van der Waals surface area contributed by atoms with Crippen LogP contribution in [0.4, 0.5) is 0 Å². The summed E-state index contributed by atoms with van der Waals surface area (Å²) in [6.45, 7) is 4.77. The van der Waals surface area contributed by atoms with Gasteiger partial charge in [0.25, 0.3) is 0 Å². The van der Waals surface area contributed by atoms with Crippen molar-refractivity contribution in [2.75, 3.05) is 0 Å². The van der Waals surface area contributed by atoms with Gasteiger partial charge in [0.15, 0.2) is 0 Å². The molecule has 0 radical (unpaired) electrons. The Kier molecular flexibility index (Phi) is 3.65. The molecule has 2 saturated heterocycles. The predicted molar refractivity (Wildman–Crippen MR) is 69.4 cm³/mol. The van der Waals surface area contributed by atoms with Gasteiger partial charge in [-0.05, 0) is 38.5 Å². The van der Waals surface area contributed by atoms with Crippen LogP contribution in [0.25, 0.3) is 0 Å². The molecular weight excluding hydrogens is 194 g/mol. The fourth-order valence-corrected chi connectivity index (χ4v) is 2.84. The fourth-order valence-electron chi connectivity index (χ4n) is 2.84. The van der Waals surface area contributed by atoms with Crippen LogP contribution in [0.5, 0.6) is 0 Å². The number of benzene rings is 1. The molecule has 1 N–H and O–H groups in total. The van der Waals surface area contributed by atoms with Crippen molar-refractivity contribution < 1.29 is 0 Å². The SMILES string of the molecule is CC1CCC2CCC1(C)N2.c1ccccc1. The van der Waals surface area contributed by atoms with Crippen LogP contribution in [-0.2, 0) is 0 Å². The first kappa shape index (κ1) is 11.7. The lowest BCUT2D eigenvalue weighted by molar-refractivity contribution is 0.210. The van der Waals surface area contributed by atoms with Gasteiger partial charge in [0.2, 0.25) is 0 Å². The Bertz CT molecular complexity index is 280. The summed E-state index contributed by atoms with van der Waals surface area (Å²) in [6.07, 6.45) is 5.67. The molecule has 2 bridgehead atoms. The van der Waals surface area contributed by atoms with Crippen LogP contribution in [0.3, 0.4) is 0 Å². The van der Waals surface area contributed by atoms with Crippen LogP contribution in [0.1, 0.15) is 39.5 Å². The normalized spacial score (nSPS) is 36.4. The van der Waals surface area contributed by atoms with Crippen LogP contribution in [-0.4, -0.2) is 11.6 Å². The Hall–Kier alpha value is -0.820. The Labute approximate surface area is 99.3 Å². The van der Waals surface area contributed by atoms with Gasteiger partial charge in [-0.3, -0.25) is 0 Å². The highest BCUT2D eigenvalue weighted by Gasteiger charge is 2.41. The summed E-state index contributed by atoms with van der Waals surface area (Å²) < 4.78 is 0. The van der Waals surface area contributed by atoms with E-state index in [1.54, 1.807) is 0 Å². The van der Waals surface area contributed by atoms with Crippen molar-refractivity contribution in [1.82, 2.24) is 5.32 Å². The second-order valence-electron chi connectivity index (χ2n) is 5.43. The lowest BCUT2D eigenvalue weighted by Gasteiger charge is -2.37. The molecule has 2 heterocycles. The zero-order valence-corrected chi connectivity index (χ0v) is 10.4. The number of nitrogens with one attached hydrogen (secondary N) is 1. The van der Waals surface area contributed by atoms with Gasteiger partial charge in [-0.1, -0.05) is 43.3 Å². The standard InChI is InChI=1S/C9H17N.C6H6/c1-7-3-4-8-5-6-9(7,2)10-8;1-2-4-6-5-3-1/h7-8,10H,3-6H2,1-2H3;1-6H. The summed E-state index contributed by atoms with van der Waals surface area (Å²) >= 11 is 0. The minimum absolute atomic E-state index is 0.503. The second kappa shape index (κ2) is 5.01. The van der Waals surface area contributed by atoms with E-state index in [1.807, 2.05) is 36.4 Å². The maximum absolute atomic E-state index is 3.72. The molecule has 3 unspecified atom stereocenters. The van der Waals surface area contributed by atoms with Crippen molar-refractivity contribution in [3.05, 3.63) is 36.4 Å². The zero-order valence-electron chi connectivity index (χ0n) is 10.4. The Balaban J connectivity index is 0.000000138. The highest BCUT2D eigenvalue weighted by Crippen LogP contribution is 2.38. The van der Waals surface area contributed by atoms with Crippen LogP contribution in [0, 0.1) is 5.92 Å². The largest absolute Gasteiger partial charge is 0.309 e. The minimum Gasteiger partial charge on any atom is -0.309 e. The molecule has 3 atom stereocenters. The van der Waals surface area contributed by atoms with Crippen molar-refractivity contribution in [3.8, 4) is 0 Å². The zero-order chi connectivity index (χ0) is 11.4. The Morgan fingerprint density at radius 3 is 2.00 bits per heavy atom. The molecule has 16 heavy (non-hydrogen) atoms. The first-order valence-electron chi connectivity index (χ1n) is 6.48. The van der Waals surface area contributed by atoms with Crippen molar-refractivity contribution in [2.24, 2.45) is 5.92 Å². The van der Waals surface area contributed by atoms with E-state index in [0.29, 0.717) is 5.54 Å². The van der Waals surface area contributed by atoms with Crippen LogP contribution in [0.2, 0.25) is 0 Å². The lowest BCUT2D eigenvalue weighted by atomic mass is 9.82. The third-order valence-corrected chi connectivity index (χ3v) is 4.25. The van der Waals surface area contributed by atoms with Gasteiger partial charge in [-0.15, -0.1) is 0 Å². The Morgan fingerprint density at radius 2 is 1.50 bits per heavy atom. The number of rotatable bonds is 0. The molecule has 0 spiro atoms. The van der Waals surface area contributed by atoms with E-state index in [-0.39, 0.29) is 0 Å². The third kappa shape index (κ3) is 2.65. The smallest absolute Gasteiger partial charge is 0.0182 e. The minimum atomic E-state index is 0.503. The summed E-state index contributed by atoms with van der Waals surface area (Å²) in [4.78, 5) is 0. The molecule has 0 aliphatic carbocycles. The first-order chi connectivity index (χ1) is 7.71. The van der Waals surface area contributed by atoms with Gasteiger partial charge >= 0.3 is 0 Å². The van der Waals surface area contributed by atoms with E-state index in [4.69, 9.17) is 0 Å². The summed E-state index contributed by atoms with van der Waals surface area (Å²) in [5.41, 5.74) is 0.503. The average Bonchev–Trinajstić information content (AvgIpc) is 2.66. The quantitative estimate of drug-likeness (QED) is 0.700. The summed E-state index contributed by atoms with van der Waals surface area (Å²) in [7, 11) is 0. The number of piperidine rings is 1. The van der Waals surface area contributed by atoms with Gasteiger partial charge in [-0.2, -0.15) is 0 Å².